The predicted molar refractivity (Wildman–Crippen MR) is 199 cm³/mol. The van der Waals surface area contributed by atoms with E-state index in [0.29, 0.717) is 68.9 Å². The number of nitro benzene ring substituents is 1. The highest BCUT2D eigenvalue weighted by atomic mass is 16.6. The number of nitro groups is 1. The first-order chi connectivity index (χ1) is 25.3. The summed E-state index contributed by atoms with van der Waals surface area (Å²) in [5, 5.41) is 11.0. The Morgan fingerprint density at radius 2 is 1.09 bits per heavy atom. The molecule has 0 atom stereocenters. The van der Waals surface area contributed by atoms with E-state index in [9.17, 15) is 29.3 Å². The molecule has 0 aliphatic carbocycles. The smallest absolute Gasteiger partial charge is 0.410 e. The van der Waals surface area contributed by atoms with E-state index in [1.807, 2.05) is 41.5 Å². The van der Waals surface area contributed by atoms with Gasteiger partial charge in [-0.3, -0.25) is 10.1 Å². The van der Waals surface area contributed by atoms with Gasteiger partial charge in [0.2, 0.25) is 0 Å². The van der Waals surface area contributed by atoms with Gasteiger partial charge in [0.15, 0.2) is 0 Å². The summed E-state index contributed by atoms with van der Waals surface area (Å²) in [4.78, 5) is 62.2. The summed E-state index contributed by atoms with van der Waals surface area (Å²) >= 11 is 0. The van der Waals surface area contributed by atoms with Crippen LogP contribution >= 0.6 is 0 Å². The molecule has 54 heavy (non-hydrogen) atoms. The largest absolute Gasteiger partial charge is 0.489 e. The fourth-order valence-corrected chi connectivity index (χ4v) is 5.45. The third-order valence-corrected chi connectivity index (χ3v) is 7.94. The monoisotopic (exact) mass is 758 g/mol. The molecule has 2 aliphatic rings. The summed E-state index contributed by atoms with van der Waals surface area (Å²) in [6, 6.07) is 8.78. The van der Waals surface area contributed by atoms with Crippen LogP contribution in [0.1, 0.15) is 102 Å². The minimum absolute atomic E-state index is 0.0191. The van der Waals surface area contributed by atoms with Gasteiger partial charge in [0, 0.05) is 69.7 Å². The molecule has 2 aromatic rings. The normalized spacial score (nSPS) is 15.3. The van der Waals surface area contributed by atoms with Crippen molar-refractivity contribution in [2.75, 3.05) is 45.1 Å². The van der Waals surface area contributed by atoms with Crippen molar-refractivity contribution in [2.24, 2.45) is 0 Å². The number of likely N-dealkylation sites (tertiary alicyclic amines) is 2. The summed E-state index contributed by atoms with van der Waals surface area (Å²) in [5.74, 6) is -0.443. The van der Waals surface area contributed by atoms with Crippen molar-refractivity contribution < 1.29 is 52.5 Å². The Balaban J connectivity index is 0.000000291. The van der Waals surface area contributed by atoms with Crippen molar-refractivity contribution in [1.29, 1.82) is 0 Å². The topological polar surface area (TPSA) is 199 Å². The standard InChI is InChI=1S/C19H26N2O7.C19H28N2O5/c1-5-26-17(22)15-12-13(21(24)25)6-7-16(15)27-14-8-10-20(11-9-14)18(23)28-19(2,3)4;1-5-24-17(22)15-12-13(20)6-7-16(15)25-14-8-10-21(11-9-14)18(23)26-19(2,3)4/h6-7,12,14H,5,8-11H2,1-4H3;6-7,12,14H,5,8-11,20H2,1-4H3. The number of hydrogen-bond acceptors (Lipinski definition) is 13. The van der Waals surface area contributed by atoms with Crippen LogP contribution in [0.5, 0.6) is 11.5 Å². The Bertz CT molecular complexity index is 1620. The summed E-state index contributed by atoms with van der Waals surface area (Å²) in [7, 11) is 0. The molecule has 2 aliphatic heterocycles. The number of hydrogen-bond donors (Lipinski definition) is 1. The molecule has 0 unspecified atom stereocenters. The van der Waals surface area contributed by atoms with Crippen LogP contribution in [-0.2, 0) is 18.9 Å². The molecule has 2 heterocycles. The molecule has 0 radical (unpaired) electrons. The number of anilines is 1. The fraction of sp³-hybridized carbons (Fsp3) is 0.579. The Kier molecular flexibility index (Phi) is 15.3. The molecule has 2 aromatic carbocycles. The van der Waals surface area contributed by atoms with Crippen LogP contribution < -0.4 is 15.2 Å². The predicted octanol–water partition coefficient (Wildman–Crippen LogP) is 6.77. The van der Waals surface area contributed by atoms with E-state index in [1.54, 1.807) is 41.8 Å². The van der Waals surface area contributed by atoms with Gasteiger partial charge in [0.25, 0.3) is 5.69 Å². The van der Waals surface area contributed by atoms with Gasteiger partial charge in [0.1, 0.15) is 46.0 Å². The highest BCUT2D eigenvalue weighted by Gasteiger charge is 2.30. The molecular weight excluding hydrogens is 704 g/mol. The Morgan fingerprint density at radius 1 is 0.704 bits per heavy atom. The zero-order chi connectivity index (χ0) is 40.2. The summed E-state index contributed by atoms with van der Waals surface area (Å²) in [6.07, 6.45) is 1.43. The Hall–Kier alpha value is -5.28. The molecule has 16 heteroatoms. The second-order valence-corrected chi connectivity index (χ2v) is 14.7. The van der Waals surface area contributed by atoms with Gasteiger partial charge in [-0.1, -0.05) is 0 Å². The van der Waals surface area contributed by atoms with Crippen molar-refractivity contribution in [1.82, 2.24) is 9.80 Å². The van der Waals surface area contributed by atoms with Crippen molar-refractivity contribution >= 4 is 35.5 Å². The Labute approximate surface area is 316 Å². The van der Waals surface area contributed by atoms with Gasteiger partial charge in [-0.2, -0.15) is 0 Å². The van der Waals surface area contributed by atoms with Crippen molar-refractivity contribution in [3.63, 3.8) is 0 Å². The third kappa shape index (κ3) is 13.6. The molecule has 2 amide bonds. The van der Waals surface area contributed by atoms with E-state index in [2.05, 4.69) is 0 Å². The van der Waals surface area contributed by atoms with Crippen LogP contribution in [-0.4, -0.2) is 102 Å². The van der Waals surface area contributed by atoms with Gasteiger partial charge in [-0.15, -0.1) is 0 Å². The quantitative estimate of drug-likeness (QED) is 0.0924. The number of esters is 2. The van der Waals surface area contributed by atoms with Crippen LogP contribution in [0.3, 0.4) is 0 Å². The molecule has 2 N–H and O–H groups in total. The number of benzene rings is 2. The first-order valence-electron chi connectivity index (χ1n) is 18.1. The average molecular weight is 759 g/mol. The maximum Gasteiger partial charge on any atom is 0.410 e. The van der Waals surface area contributed by atoms with Gasteiger partial charge in [0.05, 0.1) is 18.1 Å². The number of nitrogen functional groups attached to an aromatic ring is 1. The number of piperidine rings is 2. The first kappa shape index (κ1) is 43.1. The molecule has 0 aromatic heterocycles. The van der Waals surface area contributed by atoms with E-state index in [1.165, 1.54) is 12.1 Å². The lowest BCUT2D eigenvalue weighted by Crippen LogP contribution is -2.44. The second kappa shape index (κ2) is 19.2. The molecule has 0 bridgehead atoms. The lowest BCUT2D eigenvalue weighted by atomic mass is 10.1. The third-order valence-electron chi connectivity index (χ3n) is 7.94. The molecule has 298 valence electrons. The lowest BCUT2D eigenvalue weighted by Gasteiger charge is -2.33. The fourth-order valence-electron chi connectivity index (χ4n) is 5.45. The number of carbonyl (C=O) groups excluding carboxylic acids is 4. The molecular formula is C38H54N4O12. The van der Waals surface area contributed by atoms with E-state index < -0.39 is 28.1 Å². The zero-order valence-electron chi connectivity index (χ0n) is 32.5. The van der Waals surface area contributed by atoms with Crippen molar-refractivity contribution in [2.45, 2.75) is 104 Å². The average Bonchev–Trinajstić information content (AvgIpc) is 3.08. The van der Waals surface area contributed by atoms with Gasteiger partial charge >= 0.3 is 24.1 Å². The number of carbonyl (C=O) groups is 4. The molecule has 2 fully saturated rings. The van der Waals surface area contributed by atoms with Gasteiger partial charge < -0.3 is 44.0 Å². The molecule has 0 spiro atoms. The molecule has 2 saturated heterocycles. The van der Waals surface area contributed by atoms with Crippen LogP contribution in [0.15, 0.2) is 36.4 Å². The van der Waals surface area contributed by atoms with E-state index in [4.69, 9.17) is 34.2 Å². The maximum atomic E-state index is 12.2. The second-order valence-electron chi connectivity index (χ2n) is 14.7. The van der Waals surface area contributed by atoms with Gasteiger partial charge in [-0.25, -0.2) is 19.2 Å². The number of rotatable bonds is 9. The number of amides is 2. The van der Waals surface area contributed by atoms with Crippen molar-refractivity contribution in [3.05, 3.63) is 57.6 Å². The molecule has 4 rings (SSSR count). The maximum absolute atomic E-state index is 12.2. The zero-order valence-corrected chi connectivity index (χ0v) is 32.5. The van der Waals surface area contributed by atoms with Gasteiger partial charge in [-0.05, 0) is 79.7 Å². The van der Waals surface area contributed by atoms with Crippen LogP contribution in [0, 0.1) is 10.1 Å². The van der Waals surface area contributed by atoms with Crippen LogP contribution in [0.25, 0.3) is 0 Å². The molecule has 0 saturated carbocycles. The van der Waals surface area contributed by atoms with Crippen LogP contribution in [0.2, 0.25) is 0 Å². The van der Waals surface area contributed by atoms with E-state index in [0.717, 1.165) is 6.07 Å². The first-order valence-corrected chi connectivity index (χ1v) is 18.1. The number of nitrogens with zero attached hydrogens (tertiary/aromatic N) is 3. The molecule has 16 nitrogen and oxygen atoms in total. The lowest BCUT2D eigenvalue weighted by molar-refractivity contribution is -0.384. The Morgan fingerprint density at radius 3 is 1.46 bits per heavy atom. The minimum Gasteiger partial charge on any atom is -0.489 e. The van der Waals surface area contributed by atoms with E-state index >= 15 is 0 Å². The minimum atomic E-state index is -0.674. The van der Waals surface area contributed by atoms with E-state index in [-0.39, 0.29) is 54.6 Å². The summed E-state index contributed by atoms with van der Waals surface area (Å²) in [5.41, 5.74) is 5.31. The van der Waals surface area contributed by atoms with Crippen molar-refractivity contribution in [3.8, 4) is 11.5 Å². The summed E-state index contributed by atoms with van der Waals surface area (Å²) in [6.45, 7) is 16.8. The SMILES string of the molecule is CCOC(=O)c1cc(N)ccc1OC1CCN(C(=O)OC(C)(C)C)CC1.CCOC(=O)c1cc([N+](=O)[O-])ccc1OC1CCN(C(=O)OC(C)(C)C)CC1. The number of ether oxygens (including phenoxy) is 6. The summed E-state index contributed by atoms with van der Waals surface area (Å²) < 4.78 is 32.7. The van der Waals surface area contributed by atoms with Crippen LogP contribution in [0.4, 0.5) is 21.0 Å². The number of non-ortho nitro benzene ring substituents is 1. The highest BCUT2D eigenvalue weighted by molar-refractivity contribution is 5.94. The highest BCUT2D eigenvalue weighted by Crippen LogP contribution is 2.29. The number of nitrogens with two attached hydrogens (primary N) is 1.